The molecule has 0 aliphatic rings. The fraction of sp³-hybridized carbons (Fsp3) is 0.400. The van der Waals surface area contributed by atoms with Crippen molar-refractivity contribution < 1.29 is 14.6 Å². The number of anilines is 1. The van der Waals surface area contributed by atoms with Crippen LogP contribution >= 0.6 is 11.3 Å². The van der Waals surface area contributed by atoms with Gasteiger partial charge < -0.3 is 15.2 Å². The lowest BCUT2D eigenvalue weighted by molar-refractivity contribution is -0.000953. The summed E-state index contributed by atoms with van der Waals surface area (Å²) in [6, 6.07) is 9.31. The van der Waals surface area contributed by atoms with Gasteiger partial charge in [0.25, 0.3) is 0 Å². The Bertz CT molecular complexity index is 620. The van der Waals surface area contributed by atoms with Gasteiger partial charge >= 0.3 is 6.03 Å². The average molecular weight is 336 g/mol. The average Bonchev–Trinajstić information content (AvgIpc) is 2.96. The zero-order chi connectivity index (χ0) is 16.7. The minimum absolute atomic E-state index is 0.0884. The number of urea groups is 1. The van der Waals surface area contributed by atoms with Gasteiger partial charge in [0.1, 0.15) is 5.01 Å². The number of ether oxygens (including phenoxy) is 1. The highest BCUT2D eigenvalue weighted by Gasteiger charge is 2.12. The van der Waals surface area contributed by atoms with Gasteiger partial charge in [-0.2, -0.15) is 0 Å². The van der Waals surface area contributed by atoms with E-state index in [1.165, 1.54) is 11.3 Å². The smallest absolute Gasteiger partial charge is 0.321 e. The summed E-state index contributed by atoms with van der Waals surface area (Å²) in [4.78, 5) is 11.7. The van der Waals surface area contributed by atoms with Crippen LogP contribution in [0.3, 0.4) is 0 Å². The summed E-state index contributed by atoms with van der Waals surface area (Å²) >= 11 is 1.28. The van der Waals surface area contributed by atoms with Crippen molar-refractivity contribution in [3.8, 4) is 0 Å². The first-order chi connectivity index (χ1) is 11.0. The summed E-state index contributed by atoms with van der Waals surface area (Å²) < 4.78 is 5.60. The van der Waals surface area contributed by atoms with Crippen molar-refractivity contribution in [2.24, 2.45) is 0 Å². The number of carbonyl (C=O) groups excluding carboxylic acids is 1. The lowest BCUT2D eigenvalue weighted by Crippen LogP contribution is -2.37. The molecule has 2 aromatic rings. The predicted molar refractivity (Wildman–Crippen MR) is 88.5 cm³/mol. The molecule has 0 spiro atoms. The van der Waals surface area contributed by atoms with E-state index in [1.807, 2.05) is 37.3 Å². The van der Waals surface area contributed by atoms with E-state index >= 15 is 0 Å². The van der Waals surface area contributed by atoms with E-state index in [1.54, 1.807) is 6.92 Å². The normalized spacial score (nSPS) is 13.3. The maximum atomic E-state index is 11.7. The number of benzene rings is 1. The number of hydrogen-bond acceptors (Lipinski definition) is 6. The summed E-state index contributed by atoms with van der Waals surface area (Å²) in [5.41, 5.74) is 1.04. The molecule has 0 aliphatic heterocycles. The Kier molecular flexibility index (Phi) is 6.45. The van der Waals surface area contributed by atoms with Crippen LogP contribution < -0.4 is 10.6 Å². The molecule has 2 amide bonds. The topological polar surface area (TPSA) is 96.4 Å². The first-order valence-electron chi connectivity index (χ1n) is 7.24. The van der Waals surface area contributed by atoms with Gasteiger partial charge in [-0.25, -0.2) is 4.79 Å². The number of aliphatic hydroxyl groups excluding tert-OH is 1. The minimum Gasteiger partial charge on any atom is -0.389 e. The van der Waals surface area contributed by atoms with Gasteiger partial charge in [0.05, 0.1) is 18.8 Å². The molecular weight excluding hydrogens is 316 g/mol. The molecule has 7 nitrogen and oxygen atoms in total. The molecule has 0 unspecified atom stereocenters. The van der Waals surface area contributed by atoms with Crippen molar-refractivity contribution in [2.75, 3.05) is 18.5 Å². The number of carbonyl (C=O) groups is 1. The summed E-state index contributed by atoms with van der Waals surface area (Å²) in [5.74, 6) is 0. The van der Waals surface area contributed by atoms with E-state index < -0.39 is 12.1 Å². The van der Waals surface area contributed by atoms with Gasteiger partial charge in [-0.05, 0) is 19.4 Å². The molecule has 0 radical (unpaired) electrons. The lowest BCUT2D eigenvalue weighted by Gasteiger charge is -2.17. The van der Waals surface area contributed by atoms with E-state index in [9.17, 15) is 9.90 Å². The lowest BCUT2D eigenvalue weighted by atomic mass is 10.1. The fourth-order valence-electron chi connectivity index (χ4n) is 1.83. The third kappa shape index (κ3) is 5.93. The van der Waals surface area contributed by atoms with Crippen LogP contribution in [0.25, 0.3) is 0 Å². The van der Waals surface area contributed by atoms with Crippen LogP contribution in [-0.4, -0.2) is 40.6 Å². The third-order valence-corrected chi connectivity index (χ3v) is 3.81. The maximum Gasteiger partial charge on any atom is 0.321 e. The summed E-state index contributed by atoms with van der Waals surface area (Å²) in [5, 5.41) is 23.8. The number of nitrogens with zero attached hydrogens (tertiary/aromatic N) is 2. The van der Waals surface area contributed by atoms with E-state index in [2.05, 4.69) is 20.8 Å². The monoisotopic (exact) mass is 336 g/mol. The Morgan fingerprint density at radius 3 is 2.74 bits per heavy atom. The second-order valence-electron chi connectivity index (χ2n) is 5.00. The van der Waals surface area contributed by atoms with Gasteiger partial charge in [0, 0.05) is 6.54 Å². The van der Waals surface area contributed by atoms with Crippen molar-refractivity contribution >= 4 is 22.5 Å². The quantitative estimate of drug-likeness (QED) is 0.719. The van der Waals surface area contributed by atoms with Crippen LogP contribution in [0.15, 0.2) is 30.3 Å². The number of aryl methyl sites for hydroxylation is 1. The third-order valence-electron chi connectivity index (χ3n) is 3.05. The van der Waals surface area contributed by atoms with Crippen LogP contribution in [-0.2, 0) is 4.74 Å². The molecule has 0 fully saturated rings. The van der Waals surface area contributed by atoms with E-state index in [-0.39, 0.29) is 19.3 Å². The van der Waals surface area contributed by atoms with Crippen molar-refractivity contribution in [3.63, 3.8) is 0 Å². The van der Waals surface area contributed by atoms with Crippen molar-refractivity contribution in [2.45, 2.75) is 26.1 Å². The zero-order valence-corrected chi connectivity index (χ0v) is 13.8. The second-order valence-corrected chi connectivity index (χ2v) is 6.18. The highest BCUT2D eigenvalue weighted by Crippen LogP contribution is 2.16. The number of aliphatic hydroxyl groups is 1. The van der Waals surface area contributed by atoms with Gasteiger partial charge in [-0.1, -0.05) is 41.7 Å². The molecule has 1 heterocycles. The molecular formula is C15H20N4O3S. The fourth-order valence-corrected chi connectivity index (χ4v) is 2.42. The van der Waals surface area contributed by atoms with Crippen LogP contribution in [0, 0.1) is 6.92 Å². The van der Waals surface area contributed by atoms with Gasteiger partial charge in [0.2, 0.25) is 5.13 Å². The number of aromatic nitrogens is 2. The van der Waals surface area contributed by atoms with E-state index in [0.717, 1.165) is 10.6 Å². The SMILES string of the molecule is Cc1nnc(NC(=O)NC[C@H](O)CO[C@@H](C)c2ccccc2)s1. The molecule has 0 bridgehead atoms. The Morgan fingerprint density at radius 2 is 2.09 bits per heavy atom. The van der Waals surface area contributed by atoms with Crippen LogP contribution in [0.1, 0.15) is 23.6 Å². The Labute approximate surface area is 138 Å². The molecule has 0 saturated heterocycles. The van der Waals surface area contributed by atoms with Crippen LogP contribution in [0.5, 0.6) is 0 Å². The first-order valence-corrected chi connectivity index (χ1v) is 8.06. The van der Waals surface area contributed by atoms with Gasteiger partial charge in [0.15, 0.2) is 0 Å². The summed E-state index contributed by atoms with van der Waals surface area (Å²) in [7, 11) is 0. The standard InChI is InChI=1S/C15H20N4O3S/c1-10(12-6-4-3-5-7-12)22-9-13(20)8-16-14(21)17-15-19-18-11(2)23-15/h3-7,10,13,20H,8-9H2,1-2H3,(H2,16,17,19,21)/t10-,13-/m0/s1. The molecule has 0 saturated carbocycles. The van der Waals surface area contributed by atoms with Gasteiger partial charge in [-0.3, -0.25) is 5.32 Å². The molecule has 1 aromatic heterocycles. The molecule has 2 rings (SSSR count). The Balaban J connectivity index is 1.66. The molecule has 124 valence electrons. The van der Waals surface area contributed by atoms with Crippen molar-refractivity contribution in [1.29, 1.82) is 0 Å². The summed E-state index contributed by atoms with van der Waals surface area (Å²) in [6.07, 6.45) is -0.910. The molecule has 23 heavy (non-hydrogen) atoms. The Hall–Kier alpha value is -2.03. The number of amides is 2. The molecule has 8 heteroatoms. The van der Waals surface area contributed by atoms with Crippen molar-refractivity contribution in [3.05, 3.63) is 40.9 Å². The Morgan fingerprint density at radius 1 is 1.35 bits per heavy atom. The highest BCUT2D eigenvalue weighted by atomic mass is 32.1. The van der Waals surface area contributed by atoms with E-state index in [4.69, 9.17) is 4.74 Å². The zero-order valence-electron chi connectivity index (χ0n) is 13.0. The summed E-state index contributed by atoms with van der Waals surface area (Å²) in [6.45, 7) is 3.94. The maximum absolute atomic E-state index is 11.7. The number of rotatable bonds is 7. The number of nitrogens with one attached hydrogen (secondary N) is 2. The van der Waals surface area contributed by atoms with E-state index in [0.29, 0.717) is 5.13 Å². The second kappa shape index (κ2) is 8.56. The van der Waals surface area contributed by atoms with Crippen LogP contribution in [0.4, 0.5) is 9.93 Å². The van der Waals surface area contributed by atoms with Crippen LogP contribution in [0.2, 0.25) is 0 Å². The van der Waals surface area contributed by atoms with Gasteiger partial charge in [-0.15, -0.1) is 10.2 Å². The minimum atomic E-state index is -0.789. The predicted octanol–water partition coefficient (Wildman–Crippen LogP) is 2.11. The molecule has 3 N–H and O–H groups in total. The molecule has 2 atom stereocenters. The highest BCUT2D eigenvalue weighted by molar-refractivity contribution is 7.15. The first kappa shape index (κ1) is 17.3. The molecule has 1 aromatic carbocycles. The van der Waals surface area contributed by atoms with Crippen molar-refractivity contribution in [1.82, 2.24) is 15.5 Å². The number of hydrogen-bond donors (Lipinski definition) is 3. The molecule has 0 aliphatic carbocycles. The largest absolute Gasteiger partial charge is 0.389 e.